The quantitative estimate of drug-likeness (QED) is 0.768. The number of hydrogen-bond acceptors (Lipinski definition) is 3. The van der Waals surface area contributed by atoms with Crippen molar-refractivity contribution in [2.75, 3.05) is 6.54 Å². The summed E-state index contributed by atoms with van der Waals surface area (Å²) < 4.78 is 5.82. The zero-order valence-corrected chi connectivity index (χ0v) is 14.7. The molecule has 23 heavy (non-hydrogen) atoms. The Bertz CT molecular complexity index is 495. The van der Waals surface area contributed by atoms with Crippen LogP contribution in [-0.4, -0.2) is 30.7 Å². The van der Waals surface area contributed by atoms with Crippen LogP contribution in [0.3, 0.4) is 0 Å². The number of esters is 1. The van der Waals surface area contributed by atoms with Gasteiger partial charge in [-0.2, -0.15) is 0 Å². The van der Waals surface area contributed by atoms with E-state index in [0.29, 0.717) is 24.3 Å². The molecule has 1 heterocycles. The van der Waals surface area contributed by atoms with E-state index in [1.165, 1.54) is 0 Å². The number of rotatable bonds is 2. The number of amides is 2. The van der Waals surface area contributed by atoms with E-state index in [0.717, 1.165) is 25.7 Å². The summed E-state index contributed by atoms with van der Waals surface area (Å²) in [6, 6.07) is 0.0741. The maximum Gasteiger partial charge on any atom is 0.315 e. The lowest BCUT2D eigenvalue weighted by molar-refractivity contribution is -0.153. The van der Waals surface area contributed by atoms with Crippen LogP contribution >= 0.6 is 0 Å². The lowest BCUT2D eigenvalue weighted by atomic mass is 9.52. The van der Waals surface area contributed by atoms with E-state index in [4.69, 9.17) is 4.74 Å². The molecule has 1 aliphatic heterocycles. The molecule has 3 rings (SSSR count). The van der Waals surface area contributed by atoms with Crippen LogP contribution in [-0.2, 0) is 9.53 Å². The Balaban J connectivity index is 1.79. The van der Waals surface area contributed by atoms with Gasteiger partial charge in [-0.05, 0) is 43.9 Å². The number of nitrogens with one attached hydrogen (secondary N) is 2. The Hall–Kier alpha value is -1.26. The average molecular weight is 322 g/mol. The molecular formula is C18H30N2O3. The minimum atomic E-state index is -0.0860. The first-order chi connectivity index (χ1) is 10.9. The van der Waals surface area contributed by atoms with E-state index < -0.39 is 0 Å². The molecule has 3 aliphatic rings. The van der Waals surface area contributed by atoms with Crippen molar-refractivity contribution < 1.29 is 14.3 Å². The lowest BCUT2D eigenvalue weighted by Gasteiger charge is -2.54. The monoisotopic (exact) mass is 322 g/mol. The van der Waals surface area contributed by atoms with Gasteiger partial charge in [0.15, 0.2) is 0 Å². The second-order valence-electron chi connectivity index (χ2n) is 8.08. The fourth-order valence-electron chi connectivity index (χ4n) is 5.41. The number of fused-ring (bicyclic) bond motifs is 3. The van der Waals surface area contributed by atoms with Crippen molar-refractivity contribution in [2.24, 2.45) is 29.1 Å². The molecular weight excluding hydrogens is 292 g/mol. The van der Waals surface area contributed by atoms with E-state index in [-0.39, 0.29) is 35.5 Å². The fourth-order valence-corrected chi connectivity index (χ4v) is 5.41. The number of carbonyl (C=O) groups excluding carboxylic acids is 2. The predicted molar refractivity (Wildman–Crippen MR) is 87.8 cm³/mol. The third kappa shape index (κ3) is 2.72. The van der Waals surface area contributed by atoms with Gasteiger partial charge in [0.2, 0.25) is 0 Å². The topological polar surface area (TPSA) is 67.4 Å². The molecule has 130 valence electrons. The Morgan fingerprint density at radius 2 is 2.00 bits per heavy atom. The normalized spacial score (nSPS) is 45.7. The number of hydrogen-bond donors (Lipinski definition) is 2. The third-order valence-electron chi connectivity index (χ3n) is 6.78. The Morgan fingerprint density at radius 1 is 1.30 bits per heavy atom. The van der Waals surface area contributed by atoms with Gasteiger partial charge < -0.3 is 15.4 Å². The molecule has 7 unspecified atom stereocenters. The van der Waals surface area contributed by atoms with Crippen LogP contribution in [0.25, 0.3) is 0 Å². The predicted octanol–water partition coefficient (Wildman–Crippen LogP) is 2.70. The highest BCUT2D eigenvalue weighted by atomic mass is 16.6. The molecule has 2 saturated carbocycles. The van der Waals surface area contributed by atoms with Crippen LogP contribution < -0.4 is 10.6 Å². The van der Waals surface area contributed by atoms with Crippen molar-refractivity contribution in [1.29, 1.82) is 0 Å². The van der Waals surface area contributed by atoms with E-state index in [1.807, 2.05) is 13.8 Å². The SMILES string of the molecule is CCNC(=O)NC1CCC2(C)CCC3C(C)C(=O)OC3C2C1C. The molecule has 0 spiro atoms. The highest BCUT2D eigenvalue weighted by Gasteiger charge is 2.58. The molecule has 1 saturated heterocycles. The first-order valence-electron chi connectivity index (χ1n) is 9.12. The molecule has 5 nitrogen and oxygen atoms in total. The Morgan fingerprint density at radius 3 is 2.70 bits per heavy atom. The van der Waals surface area contributed by atoms with Crippen LogP contribution in [0.5, 0.6) is 0 Å². The molecule has 5 heteroatoms. The van der Waals surface area contributed by atoms with Crippen LogP contribution in [0, 0.1) is 29.1 Å². The molecule has 0 aromatic carbocycles. The minimum absolute atomic E-state index is 0.0217. The Labute approximate surface area is 138 Å². The van der Waals surface area contributed by atoms with Gasteiger partial charge >= 0.3 is 12.0 Å². The molecule has 2 amide bonds. The second kappa shape index (κ2) is 5.99. The number of carbonyl (C=O) groups is 2. The summed E-state index contributed by atoms with van der Waals surface area (Å²) in [5.74, 6) is 1.01. The highest BCUT2D eigenvalue weighted by molar-refractivity contribution is 5.75. The smallest absolute Gasteiger partial charge is 0.315 e. The summed E-state index contributed by atoms with van der Waals surface area (Å²) in [5.41, 5.74) is 0.227. The van der Waals surface area contributed by atoms with Gasteiger partial charge in [-0.3, -0.25) is 4.79 Å². The average Bonchev–Trinajstić information content (AvgIpc) is 2.77. The van der Waals surface area contributed by atoms with Gasteiger partial charge in [0.25, 0.3) is 0 Å². The summed E-state index contributed by atoms with van der Waals surface area (Å²) in [6.45, 7) is 9.13. The van der Waals surface area contributed by atoms with Crippen molar-refractivity contribution in [3.05, 3.63) is 0 Å². The highest BCUT2D eigenvalue weighted by Crippen LogP contribution is 2.57. The van der Waals surface area contributed by atoms with Gasteiger partial charge in [0, 0.05) is 24.4 Å². The van der Waals surface area contributed by atoms with Crippen molar-refractivity contribution in [1.82, 2.24) is 10.6 Å². The first kappa shape index (κ1) is 16.6. The van der Waals surface area contributed by atoms with Crippen LogP contribution in [0.2, 0.25) is 0 Å². The van der Waals surface area contributed by atoms with Gasteiger partial charge in [-0.1, -0.05) is 20.8 Å². The summed E-state index contributed by atoms with van der Waals surface area (Å²) in [6.07, 6.45) is 4.38. The molecule has 2 aliphatic carbocycles. The Kier molecular flexibility index (Phi) is 4.32. The number of ether oxygens (including phenoxy) is 1. The fraction of sp³-hybridized carbons (Fsp3) is 0.889. The zero-order valence-electron chi connectivity index (χ0n) is 14.7. The molecule has 3 fully saturated rings. The van der Waals surface area contributed by atoms with Crippen molar-refractivity contribution in [2.45, 2.75) is 65.5 Å². The molecule has 0 aromatic rings. The van der Waals surface area contributed by atoms with Gasteiger partial charge in [-0.25, -0.2) is 4.79 Å². The van der Waals surface area contributed by atoms with Crippen LogP contribution in [0.4, 0.5) is 4.79 Å². The summed E-state index contributed by atoms with van der Waals surface area (Å²) in [4.78, 5) is 24.0. The first-order valence-corrected chi connectivity index (χ1v) is 9.12. The van der Waals surface area contributed by atoms with Crippen molar-refractivity contribution in [3.63, 3.8) is 0 Å². The molecule has 0 radical (unpaired) electrons. The minimum Gasteiger partial charge on any atom is -0.462 e. The third-order valence-corrected chi connectivity index (χ3v) is 6.78. The standard InChI is InChI=1S/C18H30N2O3/c1-5-19-17(22)20-13-7-9-18(4)8-6-12-10(2)16(21)23-15(12)14(18)11(13)3/h10-15H,5-9H2,1-4H3,(H2,19,20,22). The summed E-state index contributed by atoms with van der Waals surface area (Å²) in [5, 5.41) is 5.95. The summed E-state index contributed by atoms with van der Waals surface area (Å²) in [7, 11) is 0. The van der Waals surface area contributed by atoms with E-state index >= 15 is 0 Å². The maximum absolute atomic E-state index is 12.1. The van der Waals surface area contributed by atoms with Gasteiger partial charge in [0.1, 0.15) is 6.10 Å². The molecule has 7 atom stereocenters. The van der Waals surface area contributed by atoms with Gasteiger partial charge in [-0.15, -0.1) is 0 Å². The molecule has 0 aromatic heterocycles. The van der Waals surface area contributed by atoms with Crippen molar-refractivity contribution >= 4 is 12.0 Å². The lowest BCUT2D eigenvalue weighted by Crippen LogP contribution is -2.57. The maximum atomic E-state index is 12.1. The van der Waals surface area contributed by atoms with E-state index in [1.54, 1.807) is 0 Å². The van der Waals surface area contributed by atoms with Crippen LogP contribution in [0.1, 0.15) is 53.4 Å². The number of urea groups is 1. The van der Waals surface area contributed by atoms with Crippen molar-refractivity contribution in [3.8, 4) is 0 Å². The largest absolute Gasteiger partial charge is 0.462 e. The molecule has 0 bridgehead atoms. The van der Waals surface area contributed by atoms with E-state index in [2.05, 4.69) is 24.5 Å². The zero-order chi connectivity index (χ0) is 16.8. The van der Waals surface area contributed by atoms with Crippen LogP contribution in [0.15, 0.2) is 0 Å². The summed E-state index contributed by atoms with van der Waals surface area (Å²) >= 11 is 0. The molecule has 2 N–H and O–H groups in total. The van der Waals surface area contributed by atoms with Gasteiger partial charge in [0.05, 0.1) is 5.92 Å². The second-order valence-corrected chi connectivity index (χ2v) is 8.08. The van der Waals surface area contributed by atoms with E-state index in [9.17, 15) is 9.59 Å².